The van der Waals surface area contributed by atoms with Gasteiger partial charge < -0.3 is 9.84 Å². The molecular formula is C25H42O3. The van der Waals surface area contributed by atoms with Crippen molar-refractivity contribution in [3.63, 3.8) is 0 Å². The van der Waals surface area contributed by atoms with Crippen LogP contribution in [0.15, 0.2) is 18.2 Å². The van der Waals surface area contributed by atoms with Crippen molar-refractivity contribution in [1.29, 1.82) is 0 Å². The second-order valence-electron chi connectivity index (χ2n) is 9.00. The quantitative estimate of drug-likeness (QED) is 0.311. The summed E-state index contributed by atoms with van der Waals surface area (Å²) in [4.78, 5) is 11.2. The Balaban J connectivity index is 2.19. The monoisotopic (exact) mass is 390 g/mol. The van der Waals surface area contributed by atoms with Gasteiger partial charge in [-0.05, 0) is 30.0 Å². The van der Waals surface area contributed by atoms with Gasteiger partial charge in [0.15, 0.2) is 0 Å². The van der Waals surface area contributed by atoms with E-state index in [1.807, 2.05) is 6.07 Å². The first-order valence-corrected chi connectivity index (χ1v) is 11.4. The van der Waals surface area contributed by atoms with Crippen LogP contribution in [0.1, 0.15) is 121 Å². The van der Waals surface area contributed by atoms with Crippen molar-refractivity contribution in [2.24, 2.45) is 0 Å². The average molecular weight is 391 g/mol. The summed E-state index contributed by atoms with van der Waals surface area (Å²) in [5.74, 6) is -0.0708. The van der Waals surface area contributed by atoms with E-state index in [9.17, 15) is 9.90 Å². The molecule has 0 saturated heterocycles. The minimum atomic E-state index is -0.891. The Kier molecular flexibility index (Phi) is 11.9. The van der Waals surface area contributed by atoms with Crippen LogP contribution in [0.25, 0.3) is 0 Å². The third-order valence-corrected chi connectivity index (χ3v) is 5.29. The number of carboxylic acids is 1. The fourth-order valence-electron chi connectivity index (χ4n) is 3.50. The minimum absolute atomic E-state index is 0.142. The van der Waals surface area contributed by atoms with Crippen LogP contribution in [-0.4, -0.2) is 17.7 Å². The van der Waals surface area contributed by atoms with Crippen LogP contribution < -0.4 is 4.74 Å². The van der Waals surface area contributed by atoms with Crippen molar-refractivity contribution in [3.8, 4) is 5.75 Å². The topological polar surface area (TPSA) is 46.5 Å². The molecule has 0 atom stereocenters. The average Bonchev–Trinajstić information content (AvgIpc) is 2.64. The van der Waals surface area contributed by atoms with E-state index in [1.54, 1.807) is 12.1 Å². The van der Waals surface area contributed by atoms with Crippen molar-refractivity contribution in [1.82, 2.24) is 0 Å². The van der Waals surface area contributed by atoms with Gasteiger partial charge in [-0.3, -0.25) is 0 Å². The number of aromatic carboxylic acids is 1. The molecule has 0 aromatic heterocycles. The molecule has 3 heteroatoms. The maximum absolute atomic E-state index is 11.2. The third kappa shape index (κ3) is 10.1. The van der Waals surface area contributed by atoms with Gasteiger partial charge in [0.05, 0.1) is 12.2 Å². The molecule has 0 heterocycles. The summed E-state index contributed by atoms with van der Waals surface area (Å²) in [7, 11) is 0. The zero-order chi connectivity index (χ0) is 20.8. The predicted molar refractivity (Wildman–Crippen MR) is 119 cm³/mol. The molecule has 0 radical (unpaired) electrons. The van der Waals surface area contributed by atoms with Gasteiger partial charge in [0.1, 0.15) is 5.75 Å². The molecule has 3 nitrogen and oxygen atoms in total. The smallest absolute Gasteiger partial charge is 0.335 e. The third-order valence-electron chi connectivity index (χ3n) is 5.29. The number of hydrogen-bond acceptors (Lipinski definition) is 2. The first-order valence-electron chi connectivity index (χ1n) is 11.4. The maximum atomic E-state index is 11.2. The van der Waals surface area contributed by atoms with Gasteiger partial charge >= 0.3 is 5.97 Å². The number of rotatable bonds is 15. The molecule has 0 bridgehead atoms. The molecule has 0 unspecified atom stereocenters. The van der Waals surface area contributed by atoms with Crippen LogP contribution in [0.3, 0.4) is 0 Å². The van der Waals surface area contributed by atoms with E-state index in [4.69, 9.17) is 4.74 Å². The van der Waals surface area contributed by atoms with Crippen molar-refractivity contribution in [2.75, 3.05) is 6.61 Å². The van der Waals surface area contributed by atoms with Crippen LogP contribution >= 0.6 is 0 Å². The highest BCUT2D eigenvalue weighted by molar-refractivity contribution is 5.88. The lowest BCUT2D eigenvalue weighted by atomic mass is 9.85. The number of ether oxygens (including phenoxy) is 1. The molecule has 1 rings (SSSR count). The second kappa shape index (κ2) is 13.6. The van der Waals surface area contributed by atoms with E-state index in [1.165, 1.54) is 70.6 Å². The first-order chi connectivity index (χ1) is 13.4. The van der Waals surface area contributed by atoms with E-state index in [2.05, 4.69) is 27.7 Å². The zero-order valence-corrected chi connectivity index (χ0v) is 18.7. The van der Waals surface area contributed by atoms with Crippen molar-refractivity contribution in [3.05, 3.63) is 29.3 Å². The van der Waals surface area contributed by atoms with Gasteiger partial charge in [0.2, 0.25) is 0 Å². The summed E-state index contributed by atoms with van der Waals surface area (Å²) in [6.07, 6.45) is 16.0. The highest BCUT2D eigenvalue weighted by Gasteiger charge is 2.21. The number of unbranched alkanes of at least 4 members (excludes halogenated alkanes) is 11. The molecule has 0 aliphatic carbocycles. The Hall–Kier alpha value is -1.51. The summed E-state index contributed by atoms with van der Waals surface area (Å²) in [6, 6.07) is 5.19. The molecule has 1 aromatic carbocycles. The van der Waals surface area contributed by atoms with Crippen LogP contribution in [0, 0.1) is 0 Å². The second-order valence-corrected chi connectivity index (χ2v) is 9.00. The van der Waals surface area contributed by atoms with Gasteiger partial charge in [-0.2, -0.15) is 0 Å². The fourth-order valence-corrected chi connectivity index (χ4v) is 3.50. The summed E-state index contributed by atoms with van der Waals surface area (Å²) in [5.41, 5.74) is 1.14. The molecule has 0 fully saturated rings. The van der Waals surface area contributed by atoms with Crippen molar-refractivity contribution >= 4 is 5.97 Å². The Morgan fingerprint density at radius 2 is 1.36 bits per heavy atom. The van der Waals surface area contributed by atoms with Gasteiger partial charge in [-0.15, -0.1) is 0 Å². The Morgan fingerprint density at radius 1 is 0.857 bits per heavy atom. The Bertz CT molecular complexity index is 557. The van der Waals surface area contributed by atoms with Gasteiger partial charge in [0.25, 0.3) is 0 Å². The number of benzene rings is 1. The van der Waals surface area contributed by atoms with E-state index in [0.717, 1.165) is 17.7 Å². The van der Waals surface area contributed by atoms with E-state index >= 15 is 0 Å². The normalized spacial score (nSPS) is 11.6. The number of hydrogen-bond donors (Lipinski definition) is 1. The van der Waals surface area contributed by atoms with E-state index in [0.29, 0.717) is 12.2 Å². The van der Waals surface area contributed by atoms with E-state index < -0.39 is 5.97 Å². The summed E-state index contributed by atoms with van der Waals surface area (Å²) in [6.45, 7) is 9.23. The van der Waals surface area contributed by atoms with Crippen molar-refractivity contribution in [2.45, 2.75) is 110 Å². The Morgan fingerprint density at radius 3 is 1.82 bits per heavy atom. The lowest BCUT2D eigenvalue weighted by Gasteiger charge is -2.23. The van der Waals surface area contributed by atoms with Crippen molar-refractivity contribution < 1.29 is 14.6 Å². The molecule has 28 heavy (non-hydrogen) atoms. The first kappa shape index (κ1) is 24.5. The van der Waals surface area contributed by atoms with Crippen LogP contribution in [0.4, 0.5) is 0 Å². The predicted octanol–water partition coefficient (Wildman–Crippen LogP) is 7.76. The molecule has 0 saturated carbocycles. The number of carboxylic acid groups (broad SMARTS) is 1. The molecule has 1 aromatic rings. The molecule has 0 amide bonds. The SMILES string of the molecule is CCCCCCCCCCCCCCOc1ccc(C(=O)O)cc1C(C)(C)C. The van der Waals surface area contributed by atoms with Gasteiger partial charge in [0, 0.05) is 5.56 Å². The maximum Gasteiger partial charge on any atom is 0.335 e. The summed E-state index contributed by atoms with van der Waals surface area (Å²) in [5, 5.41) is 9.22. The fraction of sp³-hybridized carbons (Fsp3) is 0.720. The van der Waals surface area contributed by atoms with Gasteiger partial charge in [-0.1, -0.05) is 98.3 Å². The number of carbonyl (C=O) groups is 1. The molecule has 0 aliphatic heterocycles. The highest BCUT2D eigenvalue weighted by Crippen LogP contribution is 2.32. The van der Waals surface area contributed by atoms with Gasteiger partial charge in [-0.25, -0.2) is 4.79 Å². The molecule has 0 spiro atoms. The lowest BCUT2D eigenvalue weighted by molar-refractivity contribution is 0.0696. The summed E-state index contributed by atoms with van der Waals surface area (Å²) < 4.78 is 6.00. The largest absolute Gasteiger partial charge is 0.493 e. The van der Waals surface area contributed by atoms with Crippen LogP contribution in [-0.2, 0) is 5.41 Å². The molecule has 1 N–H and O–H groups in total. The zero-order valence-electron chi connectivity index (χ0n) is 18.7. The highest BCUT2D eigenvalue weighted by atomic mass is 16.5. The molecule has 0 aliphatic rings. The standard InChI is InChI=1S/C25H42O3/c1-5-6-7-8-9-10-11-12-13-14-15-16-19-28-23-18-17-21(24(26)27)20-22(23)25(2,3)4/h17-18,20H,5-16,19H2,1-4H3,(H,26,27). The van der Waals surface area contributed by atoms with Crippen LogP contribution in [0.5, 0.6) is 5.75 Å². The molecular weight excluding hydrogens is 348 g/mol. The molecule has 160 valence electrons. The van der Waals surface area contributed by atoms with E-state index in [-0.39, 0.29) is 5.41 Å². The van der Waals surface area contributed by atoms with Crippen LogP contribution in [0.2, 0.25) is 0 Å². The Labute approximate surface area is 172 Å². The summed E-state index contributed by atoms with van der Waals surface area (Å²) >= 11 is 0. The lowest BCUT2D eigenvalue weighted by Crippen LogP contribution is -2.15. The minimum Gasteiger partial charge on any atom is -0.493 e.